The number of rotatable bonds is 26. The van der Waals surface area contributed by atoms with Crippen LogP contribution in [-0.2, 0) is 37.4 Å². The second kappa shape index (κ2) is 26.2. The van der Waals surface area contributed by atoms with E-state index in [9.17, 15) is 24.1 Å². The maximum atomic E-state index is 14.5. The summed E-state index contributed by atoms with van der Waals surface area (Å²) in [5.74, 6) is -2.87. The van der Waals surface area contributed by atoms with Crippen LogP contribution in [0.25, 0.3) is 0 Å². The average Bonchev–Trinajstić information content (AvgIpc) is 3.07. The van der Waals surface area contributed by atoms with Gasteiger partial charge in [-0.1, -0.05) is 125 Å². The number of hydrogen-bond acceptors (Lipinski definition) is 10. The van der Waals surface area contributed by atoms with Crippen molar-refractivity contribution in [2.45, 2.75) is 169 Å². The summed E-state index contributed by atoms with van der Waals surface area (Å²) in [6, 6.07) is -1.05. The topological polar surface area (TPSA) is 186 Å². The van der Waals surface area contributed by atoms with E-state index >= 15 is 0 Å². The van der Waals surface area contributed by atoms with E-state index in [-0.39, 0.29) is 19.1 Å². The van der Waals surface area contributed by atoms with Gasteiger partial charge in [-0.05, 0) is 31.6 Å². The highest BCUT2D eigenvalue weighted by atomic mass is 31.2. The lowest BCUT2D eigenvalue weighted by Crippen LogP contribution is -2.50. The van der Waals surface area contributed by atoms with E-state index in [1.165, 1.54) is 11.9 Å². The number of carboxylic acid groups (broad SMARTS) is 1. The molecule has 1 saturated carbocycles. The van der Waals surface area contributed by atoms with E-state index < -0.39 is 62.4 Å². The van der Waals surface area contributed by atoms with Crippen molar-refractivity contribution in [3.8, 4) is 0 Å². The molecule has 0 spiro atoms. The van der Waals surface area contributed by atoms with Crippen molar-refractivity contribution in [3.63, 3.8) is 0 Å². The summed E-state index contributed by atoms with van der Waals surface area (Å²) >= 11 is 0. The Hall–Kier alpha value is -2.57. The van der Waals surface area contributed by atoms with Crippen molar-refractivity contribution in [2.24, 2.45) is 28.3 Å². The fourth-order valence-corrected chi connectivity index (χ4v) is 7.33. The molecule has 1 rings (SSSR count). The van der Waals surface area contributed by atoms with Gasteiger partial charge >= 0.3 is 26.0 Å². The van der Waals surface area contributed by atoms with Crippen LogP contribution < -0.4 is 5.73 Å². The van der Waals surface area contributed by atoms with Crippen molar-refractivity contribution in [1.82, 2.24) is 4.90 Å². The number of carbonyl (C=O) groups excluding carboxylic acids is 2. The third-order valence-corrected chi connectivity index (χ3v) is 10.2. The fraction of sp³-hybridized carbons (Fsp3) is 0.889. The summed E-state index contributed by atoms with van der Waals surface area (Å²) in [7, 11) is -3.36. The number of aliphatic carboxylic acids is 1. The summed E-state index contributed by atoms with van der Waals surface area (Å²) in [4.78, 5) is 38.9. The molecular formula is C36H68N3O11P. The van der Waals surface area contributed by atoms with E-state index in [0.29, 0.717) is 25.7 Å². The second-order valence-electron chi connectivity index (χ2n) is 14.1. The van der Waals surface area contributed by atoms with Gasteiger partial charge in [-0.15, -0.1) is 4.76 Å². The number of carbonyl (C=O) groups is 3. The maximum absolute atomic E-state index is 14.5. The minimum absolute atomic E-state index is 0.141. The molecule has 3 atom stereocenters. The number of nitrogens with zero attached hydrogens (tertiary/aromatic N) is 2. The maximum Gasteiger partial charge on any atom is 0.510 e. The molecule has 51 heavy (non-hydrogen) atoms. The van der Waals surface area contributed by atoms with Crippen LogP contribution in [0.2, 0.25) is 0 Å². The van der Waals surface area contributed by atoms with Crippen molar-refractivity contribution >= 4 is 32.0 Å². The van der Waals surface area contributed by atoms with Crippen molar-refractivity contribution in [1.29, 1.82) is 0 Å². The number of nitrogens with two attached hydrogens (primary N) is 1. The minimum atomic E-state index is -4.80. The number of carboxylic acids is 1. The number of likely N-dealkylation sites (N-methyl/N-ethyl adjacent to an activating group) is 1. The van der Waals surface area contributed by atoms with E-state index in [1.54, 1.807) is 27.7 Å². The van der Waals surface area contributed by atoms with E-state index in [0.717, 1.165) is 83.5 Å². The second-order valence-corrected chi connectivity index (χ2v) is 15.7. The van der Waals surface area contributed by atoms with Crippen LogP contribution >= 0.6 is 7.75 Å². The lowest BCUT2D eigenvalue weighted by molar-refractivity contribution is -0.144. The number of unbranched alkanes of at least 4 members (excludes halogenated alkanes) is 10. The van der Waals surface area contributed by atoms with E-state index in [1.807, 2.05) is 0 Å². The Bertz CT molecular complexity index is 1020. The first-order valence-corrected chi connectivity index (χ1v) is 20.7. The largest absolute Gasteiger partial charge is 0.510 e. The summed E-state index contributed by atoms with van der Waals surface area (Å²) in [5.41, 5.74) is 6.32. The summed E-state index contributed by atoms with van der Waals surface area (Å²) in [6.07, 6.45) is 11.2. The zero-order valence-electron chi connectivity index (χ0n) is 32.3. The third-order valence-electron chi connectivity index (χ3n) is 8.78. The molecule has 1 aliphatic rings. The normalized spacial score (nSPS) is 17.0. The Morgan fingerprint density at radius 2 is 1.16 bits per heavy atom. The standard InChI is InChI=1S/C36H68N3O11P/c1-8-10-12-14-16-21-25-45-35(42)47-32(27(3)4)49-51(44,38-34(37)39(7)30(31(40)41)29-23-19-18-20-24-29)50-33(28(5)6)48-36(43)46-26-22-17-15-13-11-9-2/h27-30,32-33H,8-26H2,1-7H3,(H,40,41)(H2,37,38,44). The Morgan fingerprint density at radius 3 is 1.55 bits per heavy atom. The van der Waals surface area contributed by atoms with E-state index in [2.05, 4.69) is 18.6 Å². The van der Waals surface area contributed by atoms with Crippen LogP contribution in [0, 0.1) is 17.8 Å². The lowest BCUT2D eigenvalue weighted by atomic mass is 9.83. The van der Waals surface area contributed by atoms with Gasteiger partial charge in [-0.2, -0.15) is 0 Å². The van der Waals surface area contributed by atoms with Crippen LogP contribution in [0.15, 0.2) is 4.76 Å². The molecule has 0 aromatic rings. The third kappa shape index (κ3) is 19.7. The summed E-state index contributed by atoms with van der Waals surface area (Å²) < 4.78 is 51.5. The molecule has 14 nitrogen and oxygen atoms in total. The molecule has 15 heteroatoms. The zero-order chi connectivity index (χ0) is 38.2. The smallest absolute Gasteiger partial charge is 0.480 e. The lowest BCUT2D eigenvalue weighted by Gasteiger charge is -2.35. The first kappa shape index (κ1) is 46.5. The monoisotopic (exact) mass is 749 g/mol. The van der Waals surface area contributed by atoms with Gasteiger partial charge in [0.1, 0.15) is 6.04 Å². The van der Waals surface area contributed by atoms with Crippen LogP contribution in [0.1, 0.15) is 151 Å². The molecule has 0 aromatic heterocycles. The highest BCUT2D eigenvalue weighted by Gasteiger charge is 2.41. The van der Waals surface area contributed by atoms with Crippen LogP contribution in [-0.4, -0.2) is 73.1 Å². The van der Waals surface area contributed by atoms with Crippen molar-refractivity contribution in [2.75, 3.05) is 20.3 Å². The van der Waals surface area contributed by atoms with E-state index in [4.69, 9.17) is 33.7 Å². The molecule has 3 N–H and O–H groups in total. The van der Waals surface area contributed by atoms with Gasteiger partial charge in [-0.3, -0.25) is 0 Å². The molecular weight excluding hydrogens is 681 g/mol. The molecule has 298 valence electrons. The van der Waals surface area contributed by atoms with Gasteiger partial charge in [0.15, 0.2) is 0 Å². The molecule has 1 aliphatic carbocycles. The van der Waals surface area contributed by atoms with Gasteiger partial charge in [0.2, 0.25) is 18.5 Å². The number of guanidine groups is 1. The summed E-state index contributed by atoms with van der Waals surface area (Å²) in [5, 5.41) is 10.1. The minimum Gasteiger partial charge on any atom is -0.480 e. The fourth-order valence-electron chi connectivity index (χ4n) is 5.70. The molecule has 0 heterocycles. The SMILES string of the molecule is CCCCCCCCOC(=O)OC(OP(=O)(N=C(N)N(C)C(C(=O)O)C1CCCCC1)OC(OC(=O)OCCCCCCCC)C(C)C)C(C)C. The molecule has 0 amide bonds. The first-order chi connectivity index (χ1) is 24.2. The first-order valence-electron chi connectivity index (χ1n) is 19.2. The Balaban J connectivity index is 3.20. The molecule has 3 unspecified atom stereocenters. The van der Waals surface area contributed by atoms with Crippen LogP contribution in [0.5, 0.6) is 0 Å². The molecule has 0 aliphatic heterocycles. The van der Waals surface area contributed by atoms with Gasteiger partial charge < -0.3 is 34.7 Å². The van der Waals surface area contributed by atoms with Gasteiger partial charge in [0.25, 0.3) is 0 Å². The van der Waals surface area contributed by atoms with Crippen molar-refractivity contribution in [3.05, 3.63) is 0 Å². The van der Waals surface area contributed by atoms with Gasteiger partial charge in [-0.25, -0.2) is 28.0 Å². The Morgan fingerprint density at radius 1 is 0.745 bits per heavy atom. The predicted molar refractivity (Wildman–Crippen MR) is 196 cm³/mol. The molecule has 1 fully saturated rings. The van der Waals surface area contributed by atoms with Crippen LogP contribution in [0.3, 0.4) is 0 Å². The predicted octanol–water partition coefficient (Wildman–Crippen LogP) is 9.40. The average molecular weight is 750 g/mol. The molecule has 0 bridgehead atoms. The van der Waals surface area contributed by atoms with Crippen LogP contribution in [0.4, 0.5) is 9.59 Å². The molecule has 0 radical (unpaired) electrons. The highest BCUT2D eigenvalue weighted by Crippen LogP contribution is 2.54. The highest BCUT2D eigenvalue weighted by molar-refractivity contribution is 7.52. The summed E-state index contributed by atoms with van der Waals surface area (Å²) in [6.45, 7) is 11.2. The Kier molecular flexibility index (Phi) is 23.9. The quantitative estimate of drug-likeness (QED) is 0.0213. The molecule has 0 saturated heterocycles. The van der Waals surface area contributed by atoms with Gasteiger partial charge in [0.05, 0.1) is 13.2 Å². The molecule has 0 aromatic carbocycles. The number of hydrogen-bond donors (Lipinski definition) is 2. The van der Waals surface area contributed by atoms with Crippen molar-refractivity contribution < 1.29 is 52.1 Å². The number of ether oxygens (including phenoxy) is 4. The Labute approximate surface area is 306 Å². The van der Waals surface area contributed by atoms with Gasteiger partial charge in [0, 0.05) is 18.9 Å². The zero-order valence-corrected chi connectivity index (χ0v) is 33.2.